The topological polar surface area (TPSA) is 55.4 Å². The van der Waals surface area contributed by atoms with Crippen LogP contribution in [-0.2, 0) is 9.53 Å². The molecule has 1 amide bonds. The van der Waals surface area contributed by atoms with E-state index in [9.17, 15) is 9.59 Å². The Morgan fingerprint density at radius 2 is 1.88 bits per heavy atom. The summed E-state index contributed by atoms with van der Waals surface area (Å²) in [7, 11) is 0. The fourth-order valence-corrected chi connectivity index (χ4v) is 3.20. The number of ether oxygens (including phenoxy) is 1. The van der Waals surface area contributed by atoms with Gasteiger partial charge in [0.25, 0.3) is 5.91 Å². The average Bonchev–Trinajstić information content (AvgIpc) is 3.14. The van der Waals surface area contributed by atoms with Crippen molar-refractivity contribution in [3.8, 4) is 0 Å². The monoisotopic (exact) mass is 339 g/mol. The highest BCUT2D eigenvalue weighted by Crippen LogP contribution is 2.23. The average molecular weight is 339 g/mol. The molecule has 4 nitrogen and oxygen atoms in total. The molecule has 1 atom stereocenters. The lowest BCUT2D eigenvalue weighted by Crippen LogP contribution is -2.31. The molecule has 0 spiro atoms. The van der Waals surface area contributed by atoms with Crippen LogP contribution in [0.15, 0.2) is 60.0 Å². The molecule has 0 bridgehead atoms. The smallest absolute Gasteiger partial charge is 0.348 e. The van der Waals surface area contributed by atoms with Crippen LogP contribution in [0, 0.1) is 0 Å². The Kier molecular flexibility index (Phi) is 4.91. The van der Waals surface area contributed by atoms with Crippen molar-refractivity contribution in [2.45, 2.75) is 13.0 Å². The zero-order valence-electron chi connectivity index (χ0n) is 13.2. The number of esters is 1. The standard InChI is InChI=1S/C19H17NO3S/c1-13(15-9-4-7-14-6-2-3-8-16(14)15)20-18(21)12-23-19(22)17-10-5-11-24-17/h2-11,13H,12H2,1H3,(H,20,21)/t13-/m0/s1. The highest BCUT2D eigenvalue weighted by atomic mass is 32.1. The van der Waals surface area contributed by atoms with Gasteiger partial charge in [-0.15, -0.1) is 11.3 Å². The summed E-state index contributed by atoms with van der Waals surface area (Å²) < 4.78 is 5.03. The Hall–Kier alpha value is -2.66. The fourth-order valence-electron chi connectivity index (χ4n) is 2.59. The third-order valence-electron chi connectivity index (χ3n) is 3.72. The number of thiophene rings is 1. The first-order valence-corrected chi connectivity index (χ1v) is 8.51. The highest BCUT2D eigenvalue weighted by molar-refractivity contribution is 7.11. The summed E-state index contributed by atoms with van der Waals surface area (Å²) in [5, 5.41) is 6.89. The van der Waals surface area contributed by atoms with E-state index < -0.39 is 5.97 Å². The minimum Gasteiger partial charge on any atom is -0.451 e. The second-order valence-corrected chi connectivity index (χ2v) is 6.36. The Morgan fingerprint density at radius 3 is 2.67 bits per heavy atom. The van der Waals surface area contributed by atoms with Gasteiger partial charge >= 0.3 is 5.97 Å². The molecule has 0 fully saturated rings. The normalized spacial score (nSPS) is 11.9. The summed E-state index contributed by atoms with van der Waals surface area (Å²) >= 11 is 1.29. The zero-order valence-corrected chi connectivity index (χ0v) is 14.0. The van der Waals surface area contributed by atoms with E-state index in [-0.39, 0.29) is 18.6 Å². The molecule has 0 saturated heterocycles. The van der Waals surface area contributed by atoms with Crippen LogP contribution in [-0.4, -0.2) is 18.5 Å². The molecule has 24 heavy (non-hydrogen) atoms. The van der Waals surface area contributed by atoms with E-state index in [1.807, 2.05) is 49.4 Å². The van der Waals surface area contributed by atoms with Gasteiger partial charge in [0.1, 0.15) is 4.88 Å². The molecule has 3 aromatic rings. The summed E-state index contributed by atoms with van der Waals surface area (Å²) in [6.07, 6.45) is 0. The SMILES string of the molecule is C[C@H](NC(=O)COC(=O)c1cccs1)c1cccc2ccccc12. The minimum absolute atomic E-state index is 0.177. The first-order chi connectivity index (χ1) is 11.6. The quantitative estimate of drug-likeness (QED) is 0.717. The van der Waals surface area contributed by atoms with Crippen LogP contribution >= 0.6 is 11.3 Å². The van der Waals surface area contributed by atoms with Crippen LogP contribution in [0.3, 0.4) is 0 Å². The number of benzene rings is 2. The molecule has 1 heterocycles. The van der Waals surface area contributed by atoms with E-state index in [1.165, 1.54) is 11.3 Å². The minimum atomic E-state index is -0.474. The van der Waals surface area contributed by atoms with Crippen LogP contribution in [0.2, 0.25) is 0 Å². The van der Waals surface area contributed by atoms with Crippen LogP contribution in [0.4, 0.5) is 0 Å². The summed E-state index contributed by atoms with van der Waals surface area (Å²) in [6, 6.07) is 17.3. The van der Waals surface area contributed by atoms with Gasteiger partial charge in [0.2, 0.25) is 0 Å². The van der Waals surface area contributed by atoms with Gasteiger partial charge in [-0.05, 0) is 34.7 Å². The zero-order chi connectivity index (χ0) is 16.9. The highest BCUT2D eigenvalue weighted by Gasteiger charge is 2.15. The molecule has 1 aromatic heterocycles. The predicted octanol–water partition coefficient (Wildman–Crippen LogP) is 3.94. The molecule has 0 radical (unpaired) electrons. The number of fused-ring (bicyclic) bond motifs is 1. The molecule has 2 aromatic carbocycles. The van der Waals surface area contributed by atoms with Crippen LogP contribution < -0.4 is 5.32 Å². The lowest BCUT2D eigenvalue weighted by atomic mass is 10.00. The molecule has 0 aliphatic carbocycles. The lowest BCUT2D eigenvalue weighted by Gasteiger charge is -2.16. The van der Waals surface area contributed by atoms with E-state index in [1.54, 1.807) is 17.5 Å². The van der Waals surface area contributed by atoms with Crippen molar-refractivity contribution in [3.63, 3.8) is 0 Å². The number of hydrogen-bond acceptors (Lipinski definition) is 4. The molecular weight excluding hydrogens is 322 g/mol. The first-order valence-electron chi connectivity index (χ1n) is 7.63. The van der Waals surface area contributed by atoms with Crippen LogP contribution in [0.25, 0.3) is 10.8 Å². The predicted molar refractivity (Wildman–Crippen MR) is 95.1 cm³/mol. The van der Waals surface area contributed by atoms with Crippen molar-refractivity contribution in [3.05, 3.63) is 70.4 Å². The summed E-state index contributed by atoms with van der Waals surface area (Å²) in [4.78, 5) is 24.3. The molecule has 0 saturated carbocycles. The summed E-state index contributed by atoms with van der Waals surface area (Å²) in [6.45, 7) is 1.63. The van der Waals surface area contributed by atoms with E-state index in [4.69, 9.17) is 4.74 Å². The maximum atomic E-state index is 12.1. The number of carbonyl (C=O) groups is 2. The third kappa shape index (κ3) is 3.63. The van der Waals surface area contributed by atoms with Crippen molar-refractivity contribution in [2.24, 2.45) is 0 Å². The largest absolute Gasteiger partial charge is 0.451 e. The molecular formula is C19H17NO3S. The van der Waals surface area contributed by atoms with Crippen molar-refractivity contribution in [1.82, 2.24) is 5.32 Å². The Balaban J connectivity index is 1.62. The van der Waals surface area contributed by atoms with Crippen LogP contribution in [0.1, 0.15) is 28.2 Å². The molecule has 3 rings (SSSR count). The van der Waals surface area contributed by atoms with Gasteiger partial charge in [-0.3, -0.25) is 4.79 Å². The summed E-state index contributed by atoms with van der Waals surface area (Å²) in [5.74, 6) is -0.793. The van der Waals surface area contributed by atoms with Crippen molar-refractivity contribution in [1.29, 1.82) is 0 Å². The molecule has 1 N–H and O–H groups in total. The van der Waals surface area contributed by atoms with Gasteiger partial charge in [0.15, 0.2) is 6.61 Å². The van der Waals surface area contributed by atoms with Gasteiger partial charge in [0, 0.05) is 0 Å². The van der Waals surface area contributed by atoms with E-state index in [0.717, 1.165) is 16.3 Å². The Labute approximate surface area is 144 Å². The summed E-state index contributed by atoms with van der Waals surface area (Å²) in [5.41, 5.74) is 1.03. The van der Waals surface area contributed by atoms with Gasteiger partial charge in [-0.1, -0.05) is 48.5 Å². The number of hydrogen-bond donors (Lipinski definition) is 1. The number of nitrogens with one attached hydrogen (secondary N) is 1. The van der Waals surface area contributed by atoms with E-state index in [2.05, 4.69) is 5.32 Å². The van der Waals surface area contributed by atoms with Gasteiger partial charge < -0.3 is 10.1 Å². The molecule has 122 valence electrons. The van der Waals surface area contributed by atoms with Gasteiger partial charge in [-0.2, -0.15) is 0 Å². The third-order valence-corrected chi connectivity index (χ3v) is 4.57. The van der Waals surface area contributed by atoms with Crippen LogP contribution in [0.5, 0.6) is 0 Å². The maximum Gasteiger partial charge on any atom is 0.348 e. The van der Waals surface area contributed by atoms with Crippen molar-refractivity contribution < 1.29 is 14.3 Å². The van der Waals surface area contributed by atoms with Crippen molar-refractivity contribution >= 4 is 34.0 Å². The van der Waals surface area contributed by atoms with Gasteiger partial charge in [-0.25, -0.2) is 4.79 Å². The number of carbonyl (C=O) groups excluding carboxylic acids is 2. The van der Waals surface area contributed by atoms with Crippen molar-refractivity contribution in [2.75, 3.05) is 6.61 Å². The molecule has 0 unspecified atom stereocenters. The van der Waals surface area contributed by atoms with Gasteiger partial charge in [0.05, 0.1) is 6.04 Å². The lowest BCUT2D eigenvalue weighted by molar-refractivity contribution is -0.124. The number of amides is 1. The second kappa shape index (κ2) is 7.27. The van der Waals surface area contributed by atoms with E-state index in [0.29, 0.717) is 4.88 Å². The fraction of sp³-hybridized carbons (Fsp3) is 0.158. The first kappa shape index (κ1) is 16.2. The maximum absolute atomic E-state index is 12.1. The second-order valence-electron chi connectivity index (χ2n) is 5.41. The Morgan fingerprint density at radius 1 is 1.08 bits per heavy atom. The Bertz CT molecular complexity index is 853. The molecule has 0 aliphatic rings. The number of rotatable bonds is 5. The molecule has 5 heteroatoms. The molecule has 0 aliphatic heterocycles. The van der Waals surface area contributed by atoms with E-state index >= 15 is 0 Å².